The predicted octanol–water partition coefficient (Wildman–Crippen LogP) is 3.25. The minimum Gasteiger partial charge on any atom is -0.364 e. The van der Waals surface area contributed by atoms with Crippen LogP contribution in [0.3, 0.4) is 0 Å². The Morgan fingerprint density at radius 2 is 1.81 bits per heavy atom. The molecule has 0 saturated carbocycles. The first-order valence-electron chi connectivity index (χ1n) is 11.6. The third kappa shape index (κ3) is 4.84. The smallest absolute Gasteiger partial charge is 0.269 e. The predicted molar refractivity (Wildman–Crippen MR) is 138 cm³/mol. The Kier molecular flexibility index (Phi) is 7.13. The molecule has 1 aliphatic rings. The fourth-order valence-corrected chi connectivity index (χ4v) is 4.64. The van der Waals surface area contributed by atoms with Gasteiger partial charge in [0.05, 0.1) is 16.3 Å². The lowest BCUT2D eigenvalue weighted by Crippen LogP contribution is -2.66. The van der Waals surface area contributed by atoms with Crippen molar-refractivity contribution in [2.45, 2.75) is 25.2 Å². The van der Waals surface area contributed by atoms with E-state index in [4.69, 9.17) is 17.3 Å². The summed E-state index contributed by atoms with van der Waals surface area (Å²) >= 11 is 5.90. The van der Waals surface area contributed by atoms with Crippen molar-refractivity contribution in [3.05, 3.63) is 81.8 Å². The molecule has 2 heterocycles. The second-order valence-electron chi connectivity index (χ2n) is 9.17. The summed E-state index contributed by atoms with van der Waals surface area (Å²) in [6, 6.07) is 12.9. The number of anilines is 2. The van der Waals surface area contributed by atoms with Crippen LogP contribution >= 0.6 is 11.6 Å². The number of nitrogens with two attached hydrogens (primary N) is 1. The summed E-state index contributed by atoms with van der Waals surface area (Å²) in [6.45, 7) is 4.54. The van der Waals surface area contributed by atoms with Crippen LogP contribution in [-0.4, -0.2) is 48.1 Å². The summed E-state index contributed by atoms with van der Waals surface area (Å²) in [7, 11) is 1.43. The lowest BCUT2D eigenvalue weighted by Gasteiger charge is -2.50. The van der Waals surface area contributed by atoms with Gasteiger partial charge in [-0.05, 0) is 41.3 Å². The van der Waals surface area contributed by atoms with E-state index >= 15 is 0 Å². The number of benzene rings is 2. The fourth-order valence-electron chi connectivity index (χ4n) is 4.48. The Hall–Kier alpha value is -4.05. The maximum absolute atomic E-state index is 14.4. The second-order valence-corrected chi connectivity index (χ2v) is 9.57. The Balaban J connectivity index is 1.73. The van der Waals surface area contributed by atoms with Crippen molar-refractivity contribution in [3.8, 4) is 0 Å². The number of hydrogen-bond acceptors (Lipinski definition) is 6. The van der Waals surface area contributed by atoms with Crippen LogP contribution in [0.4, 0.5) is 15.9 Å². The summed E-state index contributed by atoms with van der Waals surface area (Å²) in [4.78, 5) is 39.6. The number of rotatable bonds is 7. The summed E-state index contributed by atoms with van der Waals surface area (Å²) in [6.07, 6.45) is 0. The Labute approximate surface area is 218 Å². The minimum absolute atomic E-state index is 0.0108. The molecular formula is C26H26ClFN6O3. The molecule has 0 radical (unpaired) electrons. The van der Waals surface area contributed by atoms with E-state index in [-0.39, 0.29) is 41.0 Å². The standard InChI is InChI=1S/C26H26ClFN6O3/c1-14(2)15-6-4-5-7-17(15)26(12-34(13-26)22-9-8-20(23(29)35)32-33-22)25(37)31-21-11-19(28)18(27)10-16(21)24(36)30-3/h4-11,14H,12-13H2,1-3H3,(H2,29,35)(H,30,36)(H,31,37). The molecule has 4 N–H and O–H groups in total. The van der Waals surface area contributed by atoms with Crippen LogP contribution in [-0.2, 0) is 10.2 Å². The van der Waals surface area contributed by atoms with Gasteiger partial charge in [0.25, 0.3) is 11.8 Å². The van der Waals surface area contributed by atoms with Crippen LogP contribution in [0.2, 0.25) is 5.02 Å². The molecule has 9 nitrogen and oxygen atoms in total. The van der Waals surface area contributed by atoms with Gasteiger partial charge in [-0.15, -0.1) is 10.2 Å². The molecule has 37 heavy (non-hydrogen) atoms. The lowest BCUT2D eigenvalue weighted by molar-refractivity contribution is -0.122. The van der Waals surface area contributed by atoms with Gasteiger partial charge in [0, 0.05) is 20.1 Å². The third-order valence-corrected chi connectivity index (χ3v) is 6.75. The van der Waals surface area contributed by atoms with Gasteiger partial charge in [-0.1, -0.05) is 49.7 Å². The normalized spacial score (nSPS) is 14.2. The van der Waals surface area contributed by atoms with Gasteiger partial charge in [0.1, 0.15) is 11.2 Å². The fraction of sp³-hybridized carbons (Fsp3) is 0.269. The van der Waals surface area contributed by atoms with Crippen molar-refractivity contribution in [3.63, 3.8) is 0 Å². The van der Waals surface area contributed by atoms with Crippen molar-refractivity contribution in [2.75, 3.05) is 30.4 Å². The molecule has 3 aromatic rings. The molecule has 0 atom stereocenters. The maximum atomic E-state index is 14.4. The van der Waals surface area contributed by atoms with Gasteiger partial charge in [-0.3, -0.25) is 14.4 Å². The van der Waals surface area contributed by atoms with E-state index in [1.54, 1.807) is 6.07 Å². The van der Waals surface area contributed by atoms with Gasteiger partial charge < -0.3 is 21.3 Å². The molecule has 11 heteroatoms. The molecule has 4 rings (SSSR count). The molecule has 2 aromatic carbocycles. The molecule has 1 aromatic heterocycles. The molecule has 1 saturated heterocycles. The molecule has 192 valence electrons. The number of carbonyl (C=O) groups is 3. The van der Waals surface area contributed by atoms with Gasteiger partial charge in [-0.25, -0.2) is 4.39 Å². The van der Waals surface area contributed by atoms with Gasteiger partial charge in [0.2, 0.25) is 5.91 Å². The van der Waals surface area contributed by atoms with E-state index in [1.165, 1.54) is 19.2 Å². The summed E-state index contributed by atoms with van der Waals surface area (Å²) < 4.78 is 14.4. The van der Waals surface area contributed by atoms with Crippen molar-refractivity contribution in [1.82, 2.24) is 15.5 Å². The van der Waals surface area contributed by atoms with Crippen molar-refractivity contribution in [2.24, 2.45) is 5.73 Å². The summed E-state index contributed by atoms with van der Waals surface area (Å²) in [5.41, 5.74) is 6.10. The molecule has 1 aliphatic heterocycles. The third-order valence-electron chi connectivity index (χ3n) is 6.46. The Bertz CT molecular complexity index is 1370. The van der Waals surface area contributed by atoms with Crippen LogP contribution in [0.15, 0.2) is 48.5 Å². The first-order chi connectivity index (χ1) is 17.6. The largest absolute Gasteiger partial charge is 0.364 e. The summed E-state index contributed by atoms with van der Waals surface area (Å²) in [5, 5.41) is 13.0. The van der Waals surface area contributed by atoms with Crippen molar-refractivity contribution < 1.29 is 18.8 Å². The molecule has 3 amide bonds. The van der Waals surface area contributed by atoms with E-state index in [1.807, 2.05) is 43.0 Å². The number of nitrogens with one attached hydrogen (secondary N) is 2. The number of carbonyl (C=O) groups excluding carboxylic acids is 3. The highest BCUT2D eigenvalue weighted by Crippen LogP contribution is 2.41. The van der Waals surface area contributed by atoms with Crippen molar-refractivity contribution in [1.29, 1.82) is 0 Å². The number of hydrogen-bond donors (Lipinski definition) is 3. The van der Waals surface area contributed by atoms with E-state index < -0.39 is 29.0 Å². The number of halogens is 2. The highest BCUT2D eigenvalue weighted by molar-refractivity contribution is 6.31. The van der Waals surface area contributed by atoms with Gasteiger partial charge in [0.15, 0.2) is 11.5 Å². The highest BCUT2D eigenvalue weighted by atomic mass is 35.5. The molecule has 0 unspecified atom stereocenters. The zero-order chi connectivity index (χ0) is 26.9. The molecular weight excluding hydrogens is 499 g/mol. The number of nitrogens with zero attached hydrogens (tertiary/aromatic N) is 3. The number of primary amides is 1. The molecule has 0 bridgehead atoms. The van der Waals surface area contributed by atoms with Crippen LogP contribution in [0.5, 0.6) is 0 Å². The topological polar surface area (TPSA) is 130 Å². The average molecular weight is 525 g/mol. The van der Waals surface area contributed by atoms with Crippen LogP contribution in [0, 0.1) is 5.82 Å². The lowest BCUT2D eigenvalue weighted by atomic mass is 9.69. The summed E-state index contributed by atoms with van der Waals surface area (Å²) in [5.74, 6) is -1.79. The molecule has 0 spiro atoms. The average Bonchev–Trinajstić information content (AvgIpc) is 2.85. The van der Waals surface area contributed by atoms with E-state index in [2.05, 4.69) is 20.8 Å². The molecule has 1 fully saturated rings. The van der Waals surface area contributed by atoms with Crippen LogP contribution in [0.25, 0.3) is 0 Å². The zero-order valence-electron chi connectivity index (χ0n) is 20.5. The maximum Gasteiger partial charge on any atom is 0.269 e. The van der Waals surface area contributed by atoms with Gasteiger partial charge >= 0.3 is 0 Å². The quantitative estimate of drug-likeness (QED) is 0.435. The monoisotopic (exact) mass is 524 g/mol. The first kappa shape index (κ1) is 26.0. The first-order valence-corrected chi connectivity index (χ1v) is 12.0. The Morgan fingerprint density at radius 3 is 2.41 bits per heavy atom. The van der Waals surface area contributed by atoms with E-state index in [0.29, 0.717) is 5.82 Å². The van der Waals surface area contributed by atoms with Crippen LogP contribution < -0.4 is 21.3 Å². The van der Waals surface area contributed by atoms with Gasteiger partial charge in [-0.2, -0.15) is 0 Å². The zero-order valence-corrected chi connectivity index (χ0v) is 21.3. The van der Waals surface area contributed by atoms with E-state index in [0.717, 1.165) is 17.2 Å². The van der Waals surface area contributed by atoms with Crippen LogP contribution in [0.1, 0.15) is 51.7 Å². The Morgan fingerprint density at radius 1 is 1.11 bits per heavy atom. The van der Waals surface area contributed by atoms with E-state index in [9.17, 15) is 18.8 Å². The number of amides is 3. The highest BCUT2D eigenvalue weighted by Gasteiger charge is 2.52. The molecule has 0 aliphatic carbocycles. The minimum atomic E-state index is -1.04. The number of aromatic nitrogens is 2. The SMILES string of the molecule is CNC(=O)c1cc(Cl)c(F)cc1NC(=O)C1(c2ccccc2C(C)C)CN(c2ccc(C(N)=O)nn2)C1. The second kappa shape index (κ2) is 10.1. The van der Waals surface area contributed by atoms with Crippen molar-refractivity contribution >= 4 is 40.8 Å².